The first-order chi connectivity index (χ1) is 15.9. The lowest BCUT2D eigenvalue weighted by molar-refractivity contribution is -0.122. The molecule has 0 saturated carbocycles. The minimum atomic E-state index is -0.137. The van der Waals surface area contributed by atoms with E-state index in [4.69, 9.17) is 9.47 Å². The molecular weight excluding hydrogens is 545 g/mol. The Labute approximate surface area is 209 Å². The summed E-state index contributed by atoms with van der Waals surface area (Å²) in [6, 6.07) is 0.193. The lowest BCUT2D eigenvalue weighted by atomic mass is 10.0. The van der Waals surface area contributed by atoms with E-state index in [0.29, 0.717) is 56.9 Å². The second-order valence-electron chi connectivity index (χ2n) is 7.77. The molecule has 0 aromatic carbocycles. The molecule has 0 aromatic rings. The largest absolute Gasteiger partial charge is 0.377 e. The van der Waals surface area contributed by atoms with Crippen molar-refractivity contribution in [2.24, 2.45) is 0 Å². The average Bonchev–Trinajstić information content (AvgIpc) is 3.11. The van der Waals surface area contributed by atoms with Crippen LogP contribution in [0.5, 0.6) is 0 Å². The van der Waals surface area contributed by atoms with E-state index in [-0.39, 0.29) is 42.3 Å². The van der Waals surface area contributed by atoms with Gasteiger partial charge in [-0.15, -0.1) is 0 Å². The van der Waals surface area contributed by atoms with Gasteiger partial charge in [0.05, 0.1) is 36.9 Å². The van der Waals surface area contributed by atoms with E-state index in [2.05, 4.69) is 26.6 Å². The average molecular weight is 583 g/mol. The van der Waals surface area contributed by atoms with Gasteiger partial charge in [-0.1, -0.05) is 35.4 Å². The number of carbonyl (C=O) groups excluding carboxylic acids is 4. The molecular formula is C21H38IN5O6. The molecule has 12 heteroatoms. The van der Waals surface area contributed by atoms with Gasteiger partial charge in [0, 0.05) is 38.5 Å². The van der Waals surface area contributed by atoms with E-state index in [1.165, 1.54) is 0 Å². The molecule has 0 aromatic heterocycles. The highest BCUT2D eigenvalue weighted by Gasteiger charge is 2.26. The summed E-state index contributed by atoms with van der Waals surface area (Å²) in [5.74, 6) is -0.200. The zero-order chi connectivity index (χ0) is 24.3. The maximum absolute atomic E-state index is 11.9. The molecule has 0 aliphatic carbocycles. The van der Waals surface area contributed by atoms with E-state index < -0.39 is 0 Å². The van der Waals surface area contributed by atoms with Crippen LogP contribution < -0.4 is 26.6 Å². The highest BCUT2D eigenvalue weighted by molar-refractivity contribution is 14.1. The molecule has 0 bridgehead atoms. The minimum absolute atomic E-state index is 0.0122. The third kappa shape index (κ3) is 15.7. The topological polar surface area (TPSA) is 147 Å². The van der Waals surface area contributed by atoms with Crippen LogP contribution in [0.25, 0.3) is 0 Å². The fourth-order valence-corrected chi connectivity index (χ4v) is 3.45. The lowest BCUT2D eigenvalue weighted by Gasteiger charge is -2.13. The van der Waals surface area contributed by atoms with Gasteiger partial charge in [-0.2, -0.15) is 0 Å². The van der Waals surface area contributed by atoms with Crippen LogP contribution >= 0.6 is 22.6 Å². The van der Waals surface area contributed by atoms with Gasteiger partial charge in [-0.05, 0) is 19.8 Å². The van der Waals surface area contributed by atoms with Crippen molar-refractivity contribution in [1.29, 1.82) is 0 Å². The van der Waals surface area contributed by atoms with Crippen molar-refractivity contribution in [2.75, 3.05) is 50.5 Å². The number of hydrogen-bond donors (Lipinski definition) is 5. The maximum atomic E-state index is 11.9. The Hall–Kier alpha value is -1.67. The maximum Gasteiger partial charge on any atom is 0.315 e. The Morgan fingerprint density at radius 1 is 0.818 bits per heavy atom. The number of urea groups is 1. The number of rotatable bonds is 19. The standard InChI is InChI=1S/C21H38IN5O6/c1-16-17(27-21(31)26-16)5-3-2-4-6-18(28)23-8-7-19(29)24-9-11-32-13-14-33-12-10-25-20(30)15-22/h16-17H,2-15H2,1H3,(H,23,28)(H,24,29)(H,25,30)(H2,26,27,31). The summed E-state index contributed by atoms with van der Waals surface area (Å²) in [5, 5.41) is 13.9. The van der Waals surface area contributed by atoms with Crippen molar-refractivity contribution in [3.63, 3.8) is 0 Å². The zero-order valence-corrected chi connectivity index (χ0v) is 21.5. The van der Waals surface area contributed by atoms with Crippen LogP contribution in [0.15, 0.2) is 0 Å². The van der Waals surface area contributed by atoms with Crippen LogP contribution in [0.2, 0.25) is 0 Å². The molecule has 2 unspecified atom stereocenters. The Kier molecular flexibility index (Phi) is 16.7. The number of carbonyl (C=O) groups is 4. The first kappa shape index (κ1) is 29.4. The number of unbranched alkanes of at least 4 members (excludes halogenated alkanes) is 2. The van der Waals surface area contributed by atoms with E-state index >= 15 is 0 Å². The third-order valence-corrected chi connectivity index (χ3v) is 5.70. The lowest BCUT2D eigenvalue weighted by Crippen LogP contribution is -2.32. The molecule has 1 saturated heterocycles. The zero-order valence-electron chi connectivity index (χ0n) is 19.4. The number of amides is 5. The van der Waals surface area contributed by atoms with E-state index in [9.17, 15) is 19.2 Å². The fraction of sp³-hybridized carbons (Fsp3) is 0.810. The molecule has 1 rings (SSSR count). The number of hydrogen-bond acceptors (Lipinski definition) is 6. The molecule has 5 amide bonds. The van der Waals surface area contributed by atoms with Gasteiger partial charge in [0.25, 0.3) is 0 Å². The van der Waals surface area contributed by atoms with Gasteiger partial charge in [-0.3, -0.25) is 14.4 Å². The first-order valence-electron chi connectivity index (χ1n) is 11.5. The highest BCUT2D eigenvalue weighted by Crippen LogP contribution is 2.11. The van der Waals surface area contributed by atoms with E-state index in [1.54, 1.807) is 0 Å². The molecule has 1 aliphatic rings. The van der Waals surface area contributed by atoms with E-state index in [0.717, 1.165) is 25.7 Å². The van der Waals surface area contributed by atoms with Gasteiger partial charge in [0.15, 0.2) is 0 Å². The van der Waals surface area contributed by atoms with Crippen LogP contribution in [0.4, 0.5) is 4.79 Å². The molecule has 0 spiro atoms. The summed E-state index contributed by atoms with van der Waals surface area (Å²) in [5.41, 5.74) is 0. The molecule has 5 N–H and O–H groups in total. The SMILES string of the molecule is CC1NC(=O)NC1CCCCCC(=O)NCCC(=O)NCCOCCOCCNC(=O)CI. The van der Waals surface area contributed by atoms with Crippen molar-refractivity contribution in [3.8, 4) is 0 Å². The first-order valence-corrected chi connectivity index (χ1v) is 13.0. The third-order valence-electron chi connectivity index (χ3n) is 5.00. The second-order valence-corrected chi connectivity index (χ2v) is 8.53. The Bertz CT molecular complexity index is 610. The Morgan fingerprint density at radius 3 is 2.03 bits per heavy atom. The minimum Gasteiger partial charge on any atom is -0.377 e. The van der Waals surface area contributed by atoms with Gasteiger partial charge in [0.1, 0.15) is 0 Å². The monoisotopic (exact) mass is 583 g/mol. The van der Waals surface area contributed by atoms with Crippen LogP contribution in [0, 0.1) is 0 Å². The molecule has 11 nitrogen and oxygen atoms in total. The summed E-state index contributed by atoms with van der Waals surface area (Å²) < 4.78 is 11.1. The summed E-state index contributed by atoms with van der Waals surface area (Å²) >= 11 is 2.00. The summed E-state index contributed by atoms with van der Waals surface area (Å²) in [6.07, 6.45) is 4.23. The van der Waals surface area contributed by atoms with Crippen LogP contribution in [-0.4, -0.2) is 86.3 Å². The van der Waals surface area contributed by atoms with Crippen molar-refractivity contribution in [1.82, 2.24) is 26.6 Å². The molecule has 33 heavy (non-hydrogen) atoms. The van der Waals surface area contributed by atoms with Crippen molar-refractivity contribution in [3.05, 3.63) is 0 Å². The smallest absolute Gasteiger partial charge is 0.315 e. The quantitative estimate of drug-likeness (QED) is 0.0835. The van der Waals surface area contributed by atoms with Crippen molar-refractivity contribution < 1.29 is 28.7 Å². The number of ether oxygens (including phenoxy) is 2. The Morgan fingerprint density at radius 2 is 1.42 bits per heavy atom. The highest BCUT2D eigenvalue weighted by atomic mass is 127. The molecule has 1 aliphatic heterocycles. The number of alkyl halides is 1. The molecule has 2 atom stereocenters. The Balaban J connectivity index is 1.85. The summed E-state index contributed by atoms with van der Waals surface area (Å²) in [6.45, 7) is 4.82. The predicted octanol–water partition coefficient (Wildman–Crippen LogP) is 0.214. The van der Waals surface area contributed by atoms with Crippen molar-refractivity contribution >= 4 is 46.3 Å². The van der Waals surface area contributed by atoms with Gasteiger partial charge < -0.3 is 36.1 Å². The normalized spacial score (nSPS) is 17.2. The molecule has 0 radical (unpaired) electrons. The van der Waals surface area contributed by atoms with Gasteiger partial charge in [0.2, 0.25) is 17.7 Å². The number of halogens is 1. The molecule has 1 heterocycles. The summed E-state index contributed by atoms with van der Waals surface area (Å²) in [7, 11) is 0. The van der Waals surface area contributed by atoms with E-state index in [1.807, 2.05) is 29.5 Å². The van der Waals surface area contributed by atoms with Crippen LogP contribution in [-0.2, 0) is 23.9 Å². The van der Waals surface area contributed by atoms with Crippen molar-refractivity contribution in [2.45, 2.75) is 57.5 Å². The van der Waals surface area contributed by atoms with Gasteiger partial charge in [-0.25, -0.2) is 4.79 Å². The number of nitrogens with one attached hydrogen (secondary N) is 5. The summed E-state index contributed by atoms with van der Waals surface area (Å²) in [4.78, 5) is 45.9. The molecule has 190 valence electrons. The predicted molar refractivity (Wildman–Crippen MR) is 132 cm³/mol. The van der Waals surface area contributed by atoms with Gasteiger partial charge >= 0.3 is 6.03 Å². The van der Waals surface area contributed by atoms with Crippen LogP contribution in [0.3, 0.4) is 0 Å². The fourth-order valence-electron chi connectivity index (χ4n) is 3.18. The second kappa shape index (κ2) is 18.7. The van der Waals surface area contributed by atoms with Crippen LogP contribution in [0.1, 0.15) is 45.4 Å². The molecule has 1 fully saturated rings.